The summed E-state index contributed by atoms with van der Waals surface area (Å²) in [6.07, 6.45) is 0.916. The predicted octanol–water partition coefficient (Wildman–Crippen LogP) is 1.56. The molecule has 2 unspecified atom stereocenters. The van der Waals surface area contributed by atoms with Gasteiger partial charge >= 0.3 is 0 Å². The zero-order chi connectivity index (χ0) is 14.6. The van der Waals surface area contributed by atoms with Crippen LogP contribution in [-0.2, 0) is 21.3 Å². The Bertz CT molecular complexity index is 521. The van der Waals surface area contributed by atoms with Crippen molar-refractivity contribution in [3.63, 3.8) is 0 Å². The van der Waals surface area contributed by atoms with Crippen molar-refractivity contribution in [3.8, 4) is 0 Å². The Morgan fingerprint density at radius 3 is 3.00 bits per heavy atom. The standard InChI is InChI=1S/C13H22N2O3S2/c1-3-14-7-11-6-13(19-9-11)20(16,17)15-10(2)12-4-5-18-8-12/h6,9-10,12,14-15H,3-5,7-8H2,1-2H3. The fourth-order valence-electron chi connectivity index (χ4n) is 2.20. The van der Waals surface area contributed by atoms with Crippen LogP contribution >= 0.6 is 11.3 Å². The molecular formula is C13H22N2O3S2. The SMILES string of the molecule is CCNCc1csc(S(=O)(=O)NC(C)C2CCOC2)c1. The molecular weight excluding hydrogens is 296 g/mol. The van der Waals surface area contributed by atoms with Gasteiger partial charge in [0.1, 0.15) is 4.21 Å². The van der Waals surface area contributed by atoms with E-state index in [4.69, 9.17) is 4.74 Å². The van der Waals surface area contributed by atoms with Gasteiger partial charge in [-0.05, 0) is 36.9 Å². The third-order valence-corrected chi connectivity index (χ3v) is 6.53. The normalized spacial score (nSPS) is 21.2. The summed E-state index contributed by atoms with van der Waals surface area (Å²) in [5.41, 5.74) is 1.01. The maximum Gasteiger partial charge on any atom is 0.250 e. The third kappa shape index (κ3) is 4.02. The van der Waals surface area contributed by atoms with E-state index in [9.17, 15) is 8.42 Å². The van der Waals surface area contributed by atoms with Gasteiger partial charge in [-0.3, -0.25) is 0 Å². The summed E-state index contributed by atoms with van der Waals surface area (Å²) in [4.78, 5) is 0. The van der Waals surface area contributed by atoms with Gasteiger partial charge in [0.25, 0.3) is 0 Å². The van der Waals surface area contributed by atoms with Crippen LogP contribution in [0.4, 0.5) is 0 Å². The molecule has 20 heavy (non-hydrogen) atoms. The molecule has 1 aromatic rings. The first-order chi connectivity index (χ1) is 9.53. The molecule has 0 amide bonds. The summed E-state index contributed by atoms with van der Waals surface area (Å²) >= 11 is 1.27. The number of hydrogen-bond acceptors (Lipinski definition) is 5. The highest BCUT2D eigenvalue weighted by Crippen LogP contribution is 2.23. The summed E-state index contributed by atoms with van der Waals surface area (Å²) in [5.74, 6) is 0.269. The van der Waals surface area contributed by atoms with Gasteiger partial charge in [-0.15, -0.1) is 11.3 Å². The molecule has 5 nitrogen and oxygen atoms in total. The van der Waals surface area contributed by atoms with Crippen LogP contribution in [0, 0.1) is 5.92 Å². The average Bonchev–Trinajstić information content (AvgIpc) is 3.07. The lowest BCUT2D eigenvalue weighted by atomic mass is 10.0. The molecule has 1 fully saturated rings. The molecule has 1 aliphatic rings. The number of hydrogen-bond donors (Lipinski definition) is 2. The van der Waals surface area contributed by atoms with E-state index in [1.165, 1.54) is 11.3 Å². The number of nitrogens with one attached hydrogen (secondary N) is 2. The highest BCUT2D eigenvalue weighted by molar-refractivity contribution is 7.91. The van der Waals surface area contributed by atoms with Crippen LogP contribution in [0.15, 0.2) is 15.7 Å². The van der Waals surface area contributed by atoms with E-state index >= 15 is 0 Å². The molecule has 114 valence electrons. The molecule has 1 aliphatic heterocycles. The highest BCUT2D eigenvalue weighted by Gasteiger charge is 2.27. The van der Waals surface area contributed by atoms with E-state index in [0.29, 0.717) is 17.4 Å². The Balaban J connectivity index is 2.00. The Labute approximate surface area is 124 Å². The quantitative estimate of drug-likeness (QED) is 0.801. The van der Waals surface area contributed by atoms with E-state index in [0.717, 1.165) is 25.1 Å². The fraction of sp³-hybridized carbons (Fsp3) is 0.692. The molecule has 0 radical (unpaired) electrons. The lowest BCUT2D eigenvalue weighted by Crippen LogP contribution is -2.38. The molecule has 0 saturated carbocycles. The topological polar surface area (TPSA) is 67.4 Å². The van der Waals surface area contributed by atoms with Crippen molar-refractivity contribution < 1.29 is 13.2 Å². The second kappa shape index (κ2) is 7.00. The number of sulfonamides is 1. The molecule has 0 aromatic carbocycles. The van der Waals surface area contributed by atoms with Crippen molar-refractivity contribution in [2.24, 2.45) is 5.92 Å². The summed E-state index contributed by atoms with van der Waals surface area (Å²) < 4.78 is 33.1. The van der Waals surface area contributed by atoms with Crippen LogP contribution in [-0.4, -0.2) is 34.2 Å². The second-order valence-electron chi connectivity index (χ2n) is 5.09. The number of ether oxygens (including phenoxy) is 1. The summed E-state index contributed by atoms with van der Waals surface area (Å²) in [6, 6.07) is 1.65. The smallest absolute Gasteiger partial charge is 0.250 e. The first-order valence-corrected chi connectivity index (χ1v) is 9.27. The molecule has 0 spiro atoms. The van der Waals surface area contributed by atoms with Gasteiger partial charge in [-0.1, -0.05) is 6.92 Å². The van der Waals surface area contributed by atoms with Crippen LogP contribution in [0.25, 0.3) is 0 Å². The number of rotatable bonds is 7. The van der Waals surface area contributed by atoms with Crippen LogP contribution in [0.2, 0.25) is 0 Å². The minimum atomic E-state index is -3.42. The molecule has 2 rings (SSSR count). The monoisotopic (exact) mass is 318 g/mol. The maximum absolute atomic E-state index is 12.3. The van der Waals surface area contributed by atoms with E-state index in [2.05, 4.69) is 10.0 Å². The van der Waals surface area contributed by atoms with Gasteiger partial charge in [-0.25, -0.2) is 13.1 Å². The minimum absolute atomic E-state index is 0.0955. The highest BCUT2D eigenvalue weighted by atomic mass is 32.2. The van der Waals surface area contributed by atoms with Crippen molar-refractivity contribution in [1.29, 1.82) is 0 Å². The van der Waals surface area contributed by atoms with Crippen molar-refractivity contribution in [2.75, 3.05) is 19.8 Å². The second-order valence-corrected chi connectivity index (χ2v) is 7.94. The molecule has 1 saturated heterocycles. The molecule has 0 aliphatic carbocycles. The summed E-state index contributed by atoms with van der Waals surface area (Å²) in [6.45, 7) is 6.87. The Hall–Kier alpha value is -0.470. The zero-order valence-electron chi connectivity index (χ0n) is 11.9. The molecule has 2 N–H and O–H groups in total. The minimum Gasteiger partial charge on any atom is -0.381 e. The van der Waals surface area contributed by atoms with E-state index in [-0.39, 0.29) is 12.0 Å². The van der Waals surface area contributed by atoms with Crippen molar-refractivity contribution >= 4 is 21.4 Å². The van der Waals surface area contributed by atoms with Crippen molar-refractivity contribution in [2.45, 2.75) is 37.1 Å². The third-order valence-electron chi connectivity index (χ3n) is 3.49. The van der Waals surface area contributed by atoms with Crippen LogP contribution < -0.4 is 10.0 Å². The van der Waals surface area contributed by atoms with Gasteiger partial charge < -0.3 is 10.1 Å². The Morgan fingerprint density at radius 2 is 2.35 bits per heavy atom. The lowest BCUT2D eigenvalue weighted by Gasteiger charge is -2.18. The van der Waals surface area contributed by atoms with Crippen LogP contribution in [0.5, 0.6) is 0 Å². The van der Waals surface area contributed by atoms with Gasteiger partial charge in [0.2, 0.25) is 10.0 Å². The molecule has 0 bridgehead atoms. The number of thiophene rings is 1. The maximum atomic E-state index is 12.3. The fourth-order valence-corrected chi connectivity index (χ4v) is 4.74. The molecule has 2 heterocycles. The van der Waals surface area contributed by atoms with Gasteiger partial charge in [0.05, 0.1) is 6.61 Å². The lowest BCUT2D eigenvalue weighted by molar-refractivity contribution is 0.180. The largest absolute Gasteiger partial charge is 0.381 e. The molecule has 1 aromatic heterocycles. The predicted molar refractivity (Wildman–Crippen MR) is 80.4 cm³/mol. The van der Waals surface area contributed by atoms with Gasteiger partial charge in [0, 0.05) is 25.1 Å². The summed E-state index contributed by atoms with van der Waals surface area (Å²) in [5, 5.41) is 5.08. The first-order valence-electron chi connectivity index (χ1n) is 6.91. The van der Waals surface area contributed by atoms with E-state index < -0.39 is 10.0 Å². The van der Waals surface area contributed by atoms with Gasteiger partial charge in [0.15, 0.2) is 0 Å². The first kappa shape index (κ1) is 15.9. The Morgan fingerprint density at radius 1 is 1.55 bits per heavy atom. The summed E-state index contributed by atoms with van der Waals surface area (Å²) in [7, 11) is -3.42. The van der Waals surface area contributed by atoms with E-state index in [1.807, 2.05) is 19.2 Å². The zero-order valence-corrected chi connectivity index (χ0v) is 13.5. The molecule has 2 atom stereocenters. The van der Waals surface area contributed by atoms with Crippen molar-refractivity contribution in [1.82, 2.24) is 10.0 Å². The van der Waals surface area contributed by atoms with Crippen LogP contribution in [0.3, 0.4) is 0 Å². The van der Waals surface area contributed by atoms with Crippen molar-refractivity contribution in [3.05, 3.63) is 17.0 Å². The van der Waals surface area contributed by atoms with Gasteiger partial charge in [-0.2, -0.15) is 0 Å². The Kier molecular flexibility index (Phi) is 5.57. The van der Waals surface area contributed by atoms with E-state index in [1.54, 1.807) is 6.07 Å². The average molecular weight is 318 g/mol. The van der Waals surface area contributed by atoms with Crippen LogP contribution in [0.1, 0.15) is 25.8 Å². The molecule has 7 heteroatoms.